The zero-order chi connectivity index (χ0) is 16.1. The second-order valence-electron chi connectivity index (χ2n) is 5.02. The van der Waals surface area contributed by atoms with Crippen LogP contribution in [0.1, 0.15) is 24.5 Å². The van der Waals surface area contributed by atoms with Crippen molar-refractivity contribution in [1.82, 2.24) is 20.9 Å². The van der Waals surface area contributed by atoms with E-state index in [1.54, 1.807) is 7.05 Å². The van der Waals surface area contributed by atoms with Crippen LogP contribution in [0.25, 0.3) is 0 Å². The van der Waals surface area contributed by atoms with Crippen LogP contribution < -0.4 is 16.0 Å². The zero-order valence-corrected chi connectivity index (χ0v) is 15.7. The summed E-state index contributed by atoms with van der Waals surface area (Å²) in [5.41, 5.74) is 0. The maximum absolute atomic E-state index is 11.5. The number of hydrogen-bond donors (Lipinski definition) is 3. The van der Waals surface area contributed by atoms with Gasteiger partial charge in [0.2, 0.25) is 5.91 Å². The monoisotopic (exact) mass is 435 g/mol. The van der Waals surface area contributed by atoms with E-state index in [1.165, 1.54) is 4.90 Å². The number of rotatable bonds is 5. The summed E-state index contributed by atoms with van der Waals surface area (Å²) in [6, 6.07) is 3.42. The number of aliphatic imine (C=N–C) groups is 1. The van der Waals surface area contributed by atoms with Crippen molar-refractivity contribution in [3.05, 3.63) is 23.7 Å². The van der Waals surface area contributed by atoms with Gasteiger partial charge in [0.15, 0.2) is 5.96 Å². The SMILES string of the molecule is CN=C(NCCN1C(=O)CNC1=O)NC(C)c1ccc(C)o1.I. The van der Waals surface area contributed by atoms with Crippen LogP contribution in [-0.2, 0) is 4.79 Å². The number of halogens is 1. The van der Waals surface area contributed by atoms with Crippen molar-refractivity contribution in [2.45, 2.75) is 19.9 Å². The zero-order valence-electron chi connectivity index (χ0n) is 13.4. The fourth-order valence-corrected chi connectivity index (χ4v) is 2.12. The van der Waals surface area contributed by atoms with Gasteiger partial charge in [-0.3, -0.25) is 14.7 Å². The smallest absolute Gasteiger partial charge is 0.324 e. The van der Waals surface area contributed by atoms with Gasteiger partial charge < -0.3 is 20.4 Å². The molecule has 2 rings (SSSR count). The number of amides is 3. The normalized spacial score (nSPS) is 16.0. The van der Waals surface area contributed by atoms with Crippen LogP contribution in [0.4, 0.5) is 4.79 Å². The lowest BCUT2D eigenvalue weighted by Crippen LogP contribution is -2.43. The highest BCUT2D eigenvalue weighted by Crippen LogP contribution is 2.15. The van der Waals surface area contributed by atoms with Crippen LogP contribution in [-0.4, -0.2) is 49.5 Å². The minimum absolute atomic E-state index is 0. The Bertz CT molecular complexity index is 571. The van der Waals surface area contributed by atoms with E-state index in [-0.39, 0.29) is 48.5 Å². The molecule has 0 aromatic carbocycles. The lowest BCUT2D eigenvalue weighted by molar-refractivity contribution is -0.124. The van der Waals surface area contributed by atoms with Crippen molar-refractivity contribution in [3.8, 4) is 0 Å². The van der Waals surface area contributed by atoms with Crippen LogP contribution in [0, 0.1) is 6.92 Å². The molecule has 0 bridgehead atoms. The summed E-state index contributed by atoms with van der Waals surface area (Å²) in [7, 11) is 1.66. The minimum Gasteiger partial charge on any atom is -0.464 e. The number of imide groups is 1. The molecule has 1 aliphatic heterocycles. The predicted octanol–water partition coefficient (Wildman–Crippen LogP) is 0.984. The number of carbonyl (C=O) groups is 2. The van der Waals surface area contributed by atoms with Crippen LogP contribution in [0.3, 0.4) is 0 Å². The Kier molecular flexibility index (Phi) is 7.33. The van der Waals surface area contributed by atoms with E-state index >= 15 is 0 Å². The lowest BCUT2D eigenvalue weighted by Gasteiger charge is -2.18. The molecule has 23 heavy (non-hydrogen) atoms. The molecule has 1 aromatic rings. The third-order valence-corrected chi connectivity index (χ3v) is 3.33. The fraction of sp³-hybridized carbons (Fsp3) is 0.500. The number of furan rings is 1. The van der Waals surface area contributed by atoms with Gasteiger partial charge in [-0.05, 0) is 26.0 Å². The molecule has 1 unspecified atom stereocenters. The van der Waals surface area contributed by atoms with Gasteiger partial charge in [0.05, 0.1) is 12.6 Å². The molecule has 3 N–H and O–H groups in total. The van der Waals surface area contributed by atoms with E-state index in [0.29, 0.717) is 19.0 Å². The van der Waals surface area contributed by atoms with Crippen molar-refractivity contribution in [3.63, 3.8) is 0 Å². The number of nitrogens with one attached hydrogen (secondary N) is 3. The highest BCUT2D eigenvalue weighted by Gasteiger charge is 2.27. The van der Waals surface area contributed by atoms with Gasteiger partial charge in [0.1, 0.15) is 11.5 Å². The molecule has 1 aliphatic rings. The van der Waals surface area contributed by atoms with Crippen LogP contribution in [0.5, 0.6) is 0 Å². The molecule has 1 atom stereocenters. The predicted molar refractivity (Wildman–Crippen MR) is 96.9 cm³/mol. The van der Waals surface area contributed by atoms with Gasteiger partial charge in [-0.15, -0.1) is 24.0 Å². The Morgan fingerprint density at radius 2 is 2.22 bits per heavy atom. The third kappa shape index (κ3) is 5.12. The highest BCUT2D eigenvalue weighted by molar-refractivity contribution is 14.0. The van der Waals surface area contributed by atoms with E-state index in [9.17, 15) is 9.59 Å². The molecule has 1 fully saturated rings. The molecular weight excluding hydrogens is 413 g/mol. The van der Waals surface area contributed by atoms with E-state index < -0.39 is 0 Å². The largest absolute Gasteiger partial charge is 0.464 e. The van der Waals surface area contributed by atoms with Crippen LogP contribution >= 0.6 is 24.0 Å². The molecule has 8 nitrogen and oxygen atoms in total. The van der Waals surface area contributed by atoms with Crippen molar-refractivity contribution in [1.29, 1.82) is 0 Å². The van der Waals surface area contributed by atoms with Crippen molar-refractivity contribution in [2.75, 3.05) is 26.7 Å². The van der Waals surface area contributed by atoms with E-state index in [0.717, 1.165) is 11.5 Å². The van der Waals surface area contributed by atoms with E-state index in [2.05, 4.69) is 20.9 Å². The first-order chi connectivity index (χ1) is 10.5. The molecule has 1 saturated heterocycles. The molecular formula is C14H22IN5O3. The first-order valence-electron chi connectivity index (χ1n) is 7.13. The number of hydrogen-bond acceptors (Lipinski definition) is 4. The van der Waals surface area contributed by atoms with Crippen molar-refractivity contribution < 1.29 is 14.0 Å². The molecule has 128 valence electrons. The lowest BCUT2D eigenvalue weighted by atomic mass is 10.2. The maximum Gasteiger partial charge on any atom is 0.324 e. The Balaban J connectivity index is 0.00000264. The van der Waals surface area contributed by atoms with Crippen molar-refractivity contribution in [2.24, 2.45) is 4.99 Å². The van der Waals surface area contributed by atoms with Gasteiger partial charge in [-0.25, -0.2) is 4.79 Å². The summed E-state index contributed by atoms with van der Waals surface area (Å²) in [4.78, 5) is 28.1. The average molecular weight is 435 g/mol. The fourth-order valence-electron chi connectivity index (χ4n) is 2.12. The second kappa shape index (κ2) is 8.75. The number of nitrogens with zero attached hydrogens (tertiary/aromatic N) is 2. The molecule has 1 aromatic heterocycles. The minimum atomic E-state index is -0.353. The number of guanidine groups is 1. The number of aryl methyl sites for hydroxylation is 1. The molecule has 0 spiro atoms. The van der Waals surface area contributed by atoms with Crippen LogP contribution in [0.2, 0.25) is 0 Å². The summed E-state index contributed by atoms with van der Waals surface area (Å²) in [5.74, 6) is 2.03. The Morgan fingerprint density at radius 3 is 2.74 bits per heavy atom. The van der Waals surface area contributed by atoms with Gasteiger partial charge in [0.25, 0.3) is 0 Å². The summed E-state index contributed by atoms with van der Waals surface area (Å²) in [6.45, 7) is 4.63. The van der Waals surface area contributed by atoms with E-state index in [4.69, 9.17) is 4.42 Å². The molecule has 3 amide bonds. The molecule has 2 heterocycles. The maximum atomic E-state index is 11.5. The quantitative estimate of drug-likeness (QED) is 0.277. The van der Waals surface area contributed by atoms with Gasteiger partial charge in [-0.2, -0.15) is 0 Å². The van der Waals surface area contributed by atoms with Gasteiger partial charge in [-0.1, -0.05) is 0 Å². The average Bonchev–Trinajstić information content (AvgIpc) is 3.06. The van der Waals surface area contributed by atoms with Gasteiger partial charge in [0, 0.05) is 20.1 Å². The van der Waals surface area contributed by atoms with Crippen molar-refractivity contribution >= 4 is 41.9 Å². The van der Waals surface area contributed by atoms with Crippen LogP contribution in [0.15, 0.2) is 21.5 Å². The third-order valence-electron chi connectivity index (χ3n) is 3.33. The standard InChI is InChI=1S/C14H21N5O3.HI/c1-9-4-5-11(22-9)10(2)18-13(15-3)16-6-7-19-12(20)8-17-14(19)21;/h4-5,10H,6-8H2,1-3H3,(H,17,21)(H2,15,16,18);1H. The molecule has 9 heteroatoms. The summed E-state index contributed by atoms with van der Waals surface area (Å²) in [5, 5.41) is 8.73. The van der Waals surface area contributed by atoms with E-state index in [1.807, 2.05) is 26.0 Å². The number of carbonyl (C=O) groups excluding carboxylic acids is 2. The molecule has 0 aliphatic carbocycles. The highest BCUT2D eigenvalue weighted by atomic mass is 127. The Labute approximate surface area is 152 Å². The number of urea groups is 1. The topological polar surface area (TPSA) is 99.0 Å². The second-order valence-corrected chi connectivity index (χ2v) is 5.02. The summed E-state index contributed by atoms with van der Waals surface area (Å²) >= 11 is 0. The first kappa shape index (κ1) is 19.3. The molecule has 0 radical (unpaired) electrons. The first-order valence-corrected chi connectivity index (χ1v) is 7.13. The summed E-state index contributed by atoms with van der Waals surface area (Å²) in [6.07, 6.45) is 0. The van der Waals surface area contributed by atoms with Gasteiger partial charge >= 0.3 is 6.03 Å². The Hall–Kier alpha value is -1.78. The Morgan fingerprint density at radius 1 is 1.48 bits per heavy atom. The molecule has 0 saturated carbocycles. The summed E-state index contributed by atoms with van der Waals surface area (Å²) < 4.78 is 5.55.